The van der Waals surface area contributed by atoms with Crippen molar-refractivity contribution in [1.29, 1.82) is 0 Å². The molecular formula is C14H19N5OS. The van der Waals surface area contributed by atoms with Gasteiger partial charge in [-0.1, -0.05) is 0 Å². The Kier molecular flexibility index (Phi) is 4.03. The average molecular weight is 305 g/mol. The number of aromatic nitrogens is 3. The molecular weight excluding hydrogens is 286 g/mol. The van der Waals surface area contributed by atoms with Crippen LogP contribution in [-0.2, 0) is 11.8 Å². The average Bonchev–Trinajstić information content (AvgIpc) is 3.12. The van der Waals surface area contributed by atoms with Gasteiger partial charge in [-0.3, -0.25) is 14.4 Å². The summed E-state index contributed by atoms with van der Waals surface area (Å²) in [6, 6.07) is 0.294. The summed E-state index contributed by atoms with van der Waals surface area (Å²) in [5.41, 5.74) is 2.12. The molecule has 1 fully saturated rings. The van der Waals surface area contributed by atoms with Crippen molar-refractivity contribution in [2.24, 2.45) is 7.05 Å². The summed E-state index contributed by atoms with van der Waals surface area (Å²) < 4.78 is 1.81. The topological polar surface area (TPSA) is 63.1 Å². The van der Waals surface area contributed by atoms with E-state index in [0.29, 0.717) is 17.7 Å². The minimum absolute atomic E-state index is 0.000130. The Balaban J connectivity index is 1.62. The van der Waals surface area contributed by atoms with E-state index in [1.807, 2.05) is 36.4 Å². The van der Waals surface area contributed by atoms with E-state index in [2.05, 4.69) is 20.3 Å². The van der Waals surface area contributed by atoms with Gasteiger partial charge in [0.05, 0.1) is 18.4 Å². The van der Waals surface area contributed by atoms with Crippen LogP contribution >= 0.6 is 11.3 Å². The molecule has 7 heteroatoms. The Morgan fingerprint density at radius 1 is 1.57 bits per heavy atom. The molecule has 0 radical (unpaired) electrons. The van der Waals surface area contributed by atoms with Gasteiger partial charge in [-0.05, 0) is 26.3 Å². The molecule has 0 bridgehead atoms. The molecule has 1 atom stereocenters. The molecule has 0 spiro atoms. The second-order valence-electron chi connectivity index (χ2n) is 5.42. The quantitative estimate of drug-likeness (QED) is 0.938. The number of nitrogens with zero attached hydrogens (tertiary/aromatic N) is 4. The van der Waals surface area contributed by atoms with Gasteiger partial charge in [0.2, 0.25) is 5.91 Å². The third-order valence-corrected chi connectivity index (χ3v) is 4.56. The largest absolute Gasteiger partial charge is 0.301 e. The molecule has 112 valence electrons. The lowest BCUT2D eigenvalue weighted by Crippen LogP contribution is -2.32. The van der Waals surface area contributed by atoms with E-state index in [-0.39, 0.29) is 5.91 Å². The summed E-state index contributed by atoms with van der Waals surface area (Å²) in [6.07, 6.45) is 6.12. The SMILES string of the molecule is Cc1csc(NC(=O)CN2CCCC2c2cnn(C)c2)n1. The maximum absolute atomic E-state index is 12.2. The minimum atomic E-state index is 0.000130. The molecule has 2 aromatic heterocycles. The first-order valence-corrected chi connectivity index (χ1v) is 7.94. The van der Waals surface area contributed by atoms with Gasteiger partial charge in [0, 0.05) is 30.2 Å². The van der Waals surface area contributed by atoms with E-state index in [9.17, 15) is 4.79 Å². The van der Waals surface area contributed by atoms with Crippen LogP contribution in [0.15, 0.2) is 17.8 Å². The van der Waals surface area contributed by atoms with Crippen LogP contribution in [0.1, 0.15) is 30.1 Å². The maximum Gasteiger partial charge on any atom is 0.240 e. The van der Waals surface area contributed by atoms with Crippen molar-refractivity contribution < 1.29 is 4.79 Å². The van der Waals surface area contributed by atoms with Gasteiger partial charge in [-0.2, -0.15) is 5.10 Å². The highest BCUT2D eigenvalue weighted by atomic mass is 32.1. The monoisotopic (exact) mass is 305 g/mol. The van der Waals surface area contributed by atoms with Crippen LogP contribution in [0.4, 0.5) is 5.13 Å². The third kappa shape index (κ3) is 3.30. The number of hydrogen-bond acceptors (Lipinski definition) is 5. The summed E-state index contributed by atoms with van der Waals surface area (Å²) in [7, 11) is 1.92. The Morgan fingerprint density at radius 3 is 3.10 bits per heavy atom. The summed E-state index contributed by atoms with van der Waals surface area (Å²) in [4.78, 5) is 18.6. The Morgan fingerprint density at radius 2 is 2.43 bits per heavy atom. The van der Waals surface area contributed by atoms with Crippen molar-refractivity contribution in [3.63, 3.8) is 0 Å². The fraction of sp³-hybridized carbons (Fsp3) is 0.500. The molecule has 0 aromatic carbocycles. The summed E-state index contributed by atoms with van der Waals surface area (Å²) in [5, 5.41) is 9.71. The molecule has 1 aliphatic heterocycles. The van der Waals surface area contributed by atoms with Gasteiger partial charge < -0.3 is 5.32 Å². The van der Waals surface area contributed by atoms with Crippen LogP contribution in [0.3, 0.4) is 0 Å². The molecule has 1 unspecified atom stereocenters. The van der Waals surface area contributed by atoms with Crippen molar-refractivity contribution >= 4 is 22.4 Å². The second kappa shape index (κ2) is 5.95. The molecule has 1 N–H and O–H groups in total. The number of hydrogen-bond donors (Lipinski definition) is 1. The highest BCUT2D eigenvalue weighted by molar-refractivity contribution is 7.13. The lowest BCUT2D eigenvalue weighted by atomic mass is 10.1. The summed E-state index contributed by atoms with van der Waals surface area (Å²) >= 11 is 1.46. The standard InChI is InChI=1S/C14H19N5OS/c1-10-9-21-14(16-10)17-13(20)8-19-5-3-4-12(19)11-6-15-18(2)7-11/h6-7,9,12H,3-5,8H2,1-2H3,(H,16,17,20). The number of aryl methyl sites for hydroxylation is 2. The van der Waals surface area contributed by atoms with E-state index >= 15 is 0 Å². The van der Waals surface area contributed by atoms with Crippen LogP contribution in [0.25, 0.3) is 0 Å². The van der Waals surface area contributed by atoms with Gasteiger partial charge in [0.1, 0.15) is 0 Å². The van der Waals surface area contributed by atoms with Crippen molar-refractivity contribution in [2.45, 2.75) is 25.8 Å². The first kappa shape index (κ1) is 14.2. The minimum Gasteiger partial charge on any atom is -0.301 e. The van der Waals surface area contributed by atoms with Crippen LogP contribution in [0.2, 0.25) is 0 Å². The molecule has 3 rings (SSSR count). The van der Waals surface area contributed by atoms with Gasteiger partial charge in [-0.25, -0.2) is 4.98 Å². The number of nitrogens with one attached hydrogen (secondary N) is 1. The molecule has 3 heterocycles. The van der Waals surface area contributed by atoms with Crippen molar-refractivity contribution in [3.05, 3.63) is 29.0 Å². The number of rotatable bonds is 4. The fourth-order valence-electron chi connectivity index (χ4n) is 2.76. The van der Waals surface area contributed by atoms with Gasteiger partial charge in [-0.15, -0.1) is 11.3 Å². The molecule has 1 amide bonds. The molecule has 1 saturated heterocycles. The van der Waals surface area contributed by atoms with Crippen molar-refractivity contribution in [1.82, 2.24) is 19.7 Å². The van der Waals surface area contributed by atoms with Gasteiger partial charge >= 0.3 is 0 Å². The zero-order valence-electron chi connectivity index (χ0n) is 12.2. The predicted octanol–water partition coefficient (Wildman–Crippen LogP) is 1.96. The van der Waals surface area contributed by atoms with E-state index < -0.39 is 0 Å². The predicted molar refractivity (Wildman–Crippen MR) is 82.2 cm³/mol. The number of thiazole rings is 1. The maximum atomic E-state index is 12.2. The highest BCUT2D eigenvalue weighted by Crippen LogP contribution is 2.31. The molecule has 2 aromatic rings. The first-order chi connectivity index (χ1) is 10.1. The lowest BCUT2D eigenvalue weighted by Gasteiger charge is -2.22. The Bertz CT molecular complexity index is 635. The summed E-state index contributed by atoms with van der Waals surface area (Å²) in [5.74, 6) is 0.000130. The molecule has 21 heavy (non-hydrogen) atoms. The number of carbonyl (C=O) groups is 1. The molecule has 6 nitrogen and oxygen atoms in total. The van der Waals surface area contributed by atoms with E-state index in [1.165, 1.54) is 16.9 Å². The van der Waals surface area contributed by atoms with Gasteiger partial charge in [0.25, 0.3) is 0 Å². The number of anilines is 1. The molecule has 0 aliphatic carbocycles. The molecule has 0 saturated carbocycles. The fourth-order valence-corrected chi connectivity index (χ4v) is 3.46. The van der Waals surface area contributed by atoms with Crippen molar-refractivity contribution in [3.8, 4) is 0 Å². The lowest BCUT2D eigenvalue weighted by molar-refractivity contribution is -0.117. The molecule has 1 aliphatic rings. The first-order valence-electron chi connectivity index (χ1n) is 7.06. The van der Waals surface area contributed by atoms with Crippen LogP contribution in [0.5, 0.6) is 0 Å². The van der Waals surface area contributed by atoms with Crippen LogP contribution in [0, 0.1) is 6.92 Å². The smallest absolute Gasteiger partial charge is 0.240 e. The zero-order chi connectivity index (χ0) is 14.8. The normalized spacial score (nSPS) is 19.0. The third-order valence-electron chi connectivity index (χ3n) is 3.69. The van der Waals surface area contributed by atoms with Crippen LogP contribution < -0.4 is 5.32 Å². The van der Waals surface area contributed by atoms with Crippen molar-refractivity contribution in [2.75, 3.05) is 18.4 Å². The highest BCUT2D eigenvalue weighted by Gasteiger charge is 2.28. The van der Waals surface area contributed by atoms with E-state index in [4.69, 9.17) is 0 Å². The van der Waals surface area contributed by atoms with E-state index in [0.717, 1.165) is 25.1 Å². The number of likely N-dealkylation sites (tertiary alicyclic amines) is 1. The Hall–Kier alpha value is -1.73. The van der Waals surface area contributed by atoms with Crippen LogP contribution in [-0.4, -0.2) is 38.7 Å². The second-order valence-corrected chi connectivity index (χ2v) is 6.28. The number of amides is 1. The zero-order valence-corrected chi connectivity index (χ0v) is 13.1. The van der Waals surface area contributed by atoms with Gasteiger partial charge in [0.15, 0.2) is 5.13 Å². The summed E-state index contributed by atoms with van der Waals surface area (Å²) in [6.45, 7) is 3.27. The Labute approximate surface area is 127 Å². The van der Waals surface area contributed by atoms with E-state index in [1.54, 1.807) is 0 Å². The number of carbonyl (C=O) groups excluding carboxylic acids is 1.